The van der Waals surface area contributed by atoms with E-state index in [4.69, 9.17) is 0 Å². The first-order chi connectivity index (χ1) is 17.6. The number of benzene rings is 1. The minimum atomic E-state index is -4.64. The van der Waals surface area contributed by atoms with Crippen LogP contribution in [0.25, 0.3) is 11.2 Å². The highest BCUT2D eigenvalue weighted by molar-refractivity contribution is 5.71. The van der Waals surface area contributed by atoms with Crippen LogP contribution >= 0.6 is 0 Å². The monoisotopic (exact) mass is 514 g/mol. The van der Waals surface area contributed by atoms with Gasteiger partial charge in [0.25, 0.3) is 5.56 Å². The Morgan fingerprint density at radius 3 is 2.32 bits per heavy atom. The molecule has 0 unspecified atom stereocenters. The van der Waals surface area contributed by atoms with Crippen molar-refractivity contribution < 1.29 is 22.0 Å². The van der Waals surface area contributed by atoms with Gasteiger partial charge in [-0.3, -0.25) is 19.3 Å². The molecule has 3 heterocycles. The van der Waals surface area contributed by atoms with Crippen molar-refractivity contribution in [3.8, 4) is 0 Å². The van der Waals surface area contributed by atoms with Crippen molar-refractivity contribution in [1.29, 1.82) is 0 Å². The number of hydrogen-bond acceptors (Lipinski definition) is 4. The molecule has 1 aromatic carbocycles. The van der Waals surface area contributed by atoms with Gasteiger partial charge in [-0.15, -0.1) is 0 Å². The number of aromatic nitrogens is 4. The van der Waals surface area contributed by atoms with Crippen LogP contribution in [0.3, 0.4) is 0 Å². The number of rotatable bonds is 4. The van der Waals surface area contributed by atoms with E-state index in [0.717, 1.165) is 6.07 Å². The zero-order chi connectivity index (χ0) is 26.3. The van der Waals surface area contributed by atoms with Crippen molar-refractivity contribution in [3.05, 3.63) is 98.9 Å². The first-order valence-corrected chi connectivity index (χ1v) is 12.0. The molecule has 0 amide bonds. The molecule has 0 aliphatic heterocycles. The number of aryl methyl sites for hydroxylation is 1. The van der Waals surface area contributed by atoms with E-state index >= 15 is 0 Å². The summed E-state index contributed by atoms with van der Waals surface area (Å²) in [7, 11) is 0. The molecule has 1 aliphatic rings. The van der Waals surface area contributed by atoms with Gasteiger partial charge >= 0.3 is 6.18 Å². The molecular formula is C27H23F5N4O. The van der Waals surface area contributed by atoms with E-state index in [9.17, 15) is 26.7 Å². The normalized spacial score (nSPS) is 18.3. The summed E-state index contributed by atoms with van der Waals surface area (Å²) in [5.74, 6) is -1.72. The Bertz CT molecular complexity index is 1500. The van der Waals surface area contributed by atoms with E-state index < -0.39 is 35.5 Å². The van der Waals surface area contributed by atoms with Gasteiger partial charge < -0.3 is 0 Å². The van der Waals surface area contributed by atoms with Crippen molar-refractivity contribution in [2.75, 3.05) is 0 Å². The highest BCUT2D eigenvalue weighted by atomic mass is 19.4. The van der Waals surface area contributed by atoms with Gasteiger partial charge in [0.05, 0.1) is 23.5 Å². The SMILES string of the molecule is Cc1cnc2cc([C@H]3CC[C@H](c4c(F)cccc4F)CC3)c(=O)n(Cc3ncccc3C(F)(F)F)c2n1. The lowest BCUT2D eigenvalue weighted by molar-refractivity contribution is -0.138. The summed E-state index contributed by atoms with van der Waals surface area (Å²) in [6, 6.07) is 7.56. The summed E-state index contributed by atoms with van der Waals surface area (Å²) in [6.45, 7) is 1.26. The van der Waals surface area contributed by atoms with Crippen LogP contribution < -0.4 is 5.56 Å². The van der Waals surface area contributed by atoms with Crippen LogP contribution in [-0.2, 0) is 12.7 Å². The van der Waals surface area contributed by atoms with Gasteiger partial charge in [-0.1, -0.05) is 6.07 Å². The van der Waals surface area contributed by atoms with Crippen LogP contribution in [-0.4, -0.2) is 19.5 Å². The zero-order valence-electron chi connectivity index (χ0n) is 19.9. The van der Waals surface area contributed by atoms with Crippen LogP contribution in [0.4, 0.5) is 22.0 Å². The van der Waals surface area contributed by atoms with Crippen LogP contribution in [0, 0.1) is 18.6 Å². The molecule has 10 heteroatoms. The van der Waals surface area contributed by atoms with E-state index in [1.54, 1.807) is 13.0 Å². The van der Waals surface area contributed by atoms with Crippen molar-refractivity contribution in [1.82, 2.24) is 19.5 Å². The Morgan fingerprint density at radius 1 is 0.973 bits per heavy atom. The van der Waals surface area contributed by atoms with Crippen LogP contribution in [0.2, 0.25) is 0 Å². The first kappa shape index (κ1) is 25.0. The van der Waals surface area contributed by atoms with Crippen LogP contribution in [0.1, 0.15) is 65.6 Å². The van der Waals surface area contributed by atoms with Crippen molar-refractivity contribution in [2.45, 2.75) is 57.2 Å². The minimum Gasteiger partial charge on any atom is -0.285 e. The summed E-state index contributed by atoms with van der Waals surface area (Å²) in [5.41, 5.74) is -0.145. The maximum atomic E-state index is 14.3. The second-order valence-electron chi connectivity index (χ2n) is 9.39. The number of pyridine rings is 2. The predicted molar refractivity (Wildman–Crippen MR) is 127 cm³/mol. The number of nitrogens with zero attached hydrogens (tertiary/aromatic N) is 4. The zero-order valence-corrected chi connectivity index (χ0v) is 19.9. The van der Waals surface area contributed by atoms with E-state index in [0.29, 0.717) is 42.5 Å². The predicted octanol–water partition coefficient (Wildman–Crippen LogP) is 6.28. The smallest absolute Gasteiger partial charge is 0.285 e. The second-order valence-corrected chi connectivity index (χ2v) is 9.39. The second kappa shape index (κ2) is 9.64. The summed E-state index contributed by atoms with van der Waals surface area (Å²) >= 11 is 0. The lowest BCUT2D eigenvalue weighted by Crippen LogP contribution is -2.29. The van der Waals surface area contributed by atoms with Crippen molar-refractivity contribution >= 4 is 11.2 Å². The molecule has 1 saturated carbocycles. The Kier molecular flexibility index (Phi) is 6.51. The van der Waals surface area contributed by atoms with Gasteiger partial charge in [0.1, 0.15) is 17.2 Å². The highest BCUT2D eigenvalue weighted by Gasteiger charge is 2.34. The molecule has 5 rings (SSSR count). The molecule has 0 radical (unpaired) electrons. The summed E-state index contributed by atoms with van der Waals surface area (Å²) < 4.78 is 70.7. The third-order valence-corrected chi connectivity index (χ3v) is 7.02. The molecule has 4 aromatic rings. The van der Waals surface area contributed by atoms with E-state index in [-0.39, 0.29) is 28.7 Å². The molecule has 192 valence electrons. The molecule has 37 heavy (non-hydrogen) atoms. The molecule has 1 aliphatic carbocycles. The highest BCUT2D eigenvalue weighted by Crippen LogP contribution is 2.41. The Labute approximate surface area is 209 Å². The van der Waals surface area contributed by atoms with Gasteiger partial charge in [0.2, 0.25) is 0 Å². The number of hydrogen-bond donors (Lipinski definition) is 0. The Hall–Kier alpha value is -3.69. The average Bonchev–Trinajstić information content (AvgIpc) is 2.86. The maximum Gasteiger partial charge on any atom is 0.418 e. The van der Waals surface area contributed by atoms with Crippen LogP contribution in [0.15, 0.2) is 53.6 Å². The molecule has 3 aromatic heterocycles. The lowest BCUT2D eigenvalue weighted by atomic mass is 9.76. The van der Waals surface area contributed by atoms with Crippen molar-refractivity contribution in [3.63, 3.8) is 0 Å². The molecule has 1 fully saturated rings. The molecule has 0 saturated heterocycles. The summed E-state index contributed by atoms with van der Waals surface area (Å²) in [4.78, 5) is 26.4. The van der Waals surface area contributed by atoms with E-state index in [1.165, 1.54) is 41.2 Å². The standard InChI is InChI=1S/C27H23F5N4O/c1-15-13-34-22-12-18(16-7-9-17(10-8-16)24-20(28)5-2-6-21(24)29)26(37)36(25(22)35-15)14-23-19(27(30,31)32)4-3-11-33-23/h2-6,11-13,16-17H,7-10,14H2,1H3/t16-,17-. The van der Waals surface area contributed by atoms with Gasteiger partial charge in [0, 0.05) is 23.5 Å². The van der Waals surface area contributed by atoms with Crippen LogP contribution in [0.5, 0.6) is 0 Å². The molecule has 0 atom stereocenters. The largest absolute Gasteiger partial charge is 0.418 e. The Balaban J connectivity index is 1.53. The number of fused-ring (bicyclic) bond motifs is 1. The summed E-state index contributed by atoms with van der Waals surface area (Å²) in [5, 5.41) is 0. The first-order valence-electron chi connectivity index (χ1n) is 12.0. The van der Waals surface area contributed by atoms with E-state index in [2.05, 4.69) is 15.0 Å². The van der Waals surface area contributed by atoms with E-state index in [1.807, 2.05) is 0 Å². The molecule has 0 bridgehead atoms. The quantitative estimate of drug-likeness (QED) is 0.301. The lowest BCUT2D eigenvalue weighted by Gasteiger charge is -2.29. The molecule has 0 spiro atoms. The fraction of sp³-hybridized carbons (Fsp3) is 0.333. The fourth-order valence-corrected chi connectivity index (χ4v) is 5.24. The topological polar surface area (TPSA) is 60.7 Å². The van der Waals surface area contributed by atoms with Gasteiger partial charge in [-0.05, 0) is 74.8 Å². The summed E-state index contributed by atoms with van der Waals surface area (Å²) in [6.07, 6.45) is 0.0762. The average molecular weight is 514 g/mol. The van der Waals surface area contributed by atoms with Gasteiger partial charge in [-0.2, -0.15) is 13.2 Å². The minimum absolute atomic E-state index is 0.0630. The van der Waals surface area contributed by atoms with Crippen molar-refractivity contribution in [2.24, 2.45) is 0 Å². The Morgan fingerprint density at radius 2 is 1.65 bits per heavy atom. The molecular weight excluding hydrogens is 491 g/mol. The molecule has 5 nitrogen and oxygen atoms in total. The van der Waals surface area contributed by atoms with Gasteiger partial charge in [-0.25, -0.2) is 13.8 Å². The number of halogens is 5. The molecule has 0 N–H and O–H groups in total. The third-order valence-electron chi connectivity index (χ3n) is 7.02. The number of alkyl halides is 3. The third kappa shape index (κ3) is 4.84. The maximum absolute atomic E-state index is 14.3. The van der Waals surface area contributed by atoms with Gasteiger partial charge in [0.15, 0.2) is 5.65 Å². The fourth-order valence-electron chi connectivity index (χ4n) is 5.24.